The number of hydrogen-bond acceptors (Lipinski definition) is 3. The Bertz CT molecular complexity index is 951. The summed E-state index contributed by atoms with van der Waals surface area (Å²) >= 11 is 7.68. The highest BCUT2D eigenvalue weighted by atomic mass is 35.5. The Kier molecular flexibility index (Phi) is 7.40. The Labute approximate surface area is 182 Å². The molecule has 0 spiro atoms. The number of nitrogen functional groups attached to an aromatic ring is 1. The van der Waals surface area contributed by atoms with E-state index in [2.05, 4.69) is 26.0 Å². The maximum Gasteiger partial charge on any atom is 0.164 e. The minimum Gasteiger partial charge on any atom is -0.398 e. The van der Waals surface area contributed by atoms with Crippen molar-refractivity contribution in [3.05, 3.63) is 94.5 Å². The van der Waals surface area contributed by atoms with Crippen molar-refractivity contribution >= 4 is 34.8 Å². The third-order valence-electron chi connectivity index (χ3n) is 4.72. The van der Waals surface area contributed by atoms with Gasteiger partial charge in [-0.05, 0) is 47.7 Å². The van der Waals surface area contributed by atoms with Crippen LogP contribution < -0.4 is 5.73 Å². The van der Waals surface area contributed by atoms with Crippen LogP contribution in [0.5, 0.6) is 0 Å². The molecular formula is C25H26ClNOS. The maximum atomic E-state index is 13.0. The van der Waals surface area contributed by atoms with Gasteiger partial charge in [0.2, 0.25) is 0 Å². The summed E-state index contributed by atoms with van der Waals surface area (Å²) in [6, 6.07) is 23.5. The SMILES string of the molecule is CC(C)Cc1ccc(C(=O)C[C@H](Sc2ccccc2N)c2ccc(Cl)cc2)cc1. The number of benzene rings is 3. The van der Waals surface area contributed by atoms with E-state index in [0.29, 0.717) is 17.4 Å². The summed E-state index contributed by atoms with van der Waals surface area (Å²) < 4.78 is 0. The third-order valence-corrected chi connectivity index (χ3v) is 6.32. The van der Waals surface area contributed by atoms with Crippen LogP contribution in [0.25, 0.3) is 0 Å². The van der Waals surface area contributed by atoms with Crippen LogP contribution in [-0.4, -0.2) is 5.78 Å². The second-order valence-corrected chi connectivity index (χ2v) is 9.30. The van der Waals surface area contributed by atoms with Crippen LogP contribution in [0.2, 0.25) is 5.02 Å². The first-order valence-electron chi connectivity index (χ1n) is 9.81. The molecule has 1 atom stereocenters. The zero-order chi connectivity index (χ0) is 20.8. The molecule has 2 nitrogen and oxygen atoms in total. The van der Waals surface area contributed by atoms with Crippen molar-refractivity contribution in [3.8, 4) is 0 Å². The molecule has 0 aliphatic heterocycles. The molecule has 150 valence electrons. The van der Waals surface area contributed by atoms with Gasteiger partial charge >= 0.3 is 0 Å². The lowest BCUT2D eigenvalue weighted by molar-refractivity contribution is 0.0982. The van der Waals surface area contributed by atoms with E-state index in [1.807, 2.05) is 60.7 Å². The highest BCUT2D eigenvalue weighted by Crippen LogP contribution is 2.41. The molecule has 0 saturated carbocycles. The fourth-order valence-electron chi connectivity index (χ4n) is 3.23. The van der Waals surface area contributed by atoms with Crippen molar-refractivity contribution in [2.24, 2.45) is 5.92 Å². The molecule has 3 aromatic carbocycles. The monoisotopic (exact) mass is 423 g/mol. The van der Waals surface area contributed by atoms with Crippen molar-refractivity contribution < 1.29 is 4.79 Å². The highest BCUT2D eigenvalue weighted by molar-refractivity contribution is 7.99. The van der Waals surface area contributed by atoms with Crippen LogP contribution in [-0.2, 0) is 6.42 Å². The fraction of sp³-hybridized carbons (Fsp3) is 0.240. The molecule has 0 fully saturated rings. The Morgan fingerprint density at radius 1 is 0.966 bits per heavy atom. The van der Waals surface area contributed by atoms with Gasteiger partial charge in [-0.1, -0.05) is 74.0 Å². The van der Waals surface area contributed by atoms with Crippen LogP contribution >= 0.6 is 23.4 Å². The van der Waals surface area contributed by atoms with E-state index in [1.54, 1.807) is 11.8 Å². The average Bonchev–Trinajstić information content (AvgIpc) is 2.70. The first kappa shape index (κ1) is 21.5. The van der Waals surface area contributed by atoms with Crippen molar-refractivity contribution in [3.63, 3.8) is 0 Å². The lowest BCUT2D eigenvalue weighted by Gasteiger charge is -2.18. The standard InChI is InChI=1S/C25H26ClNOS/c1-17(2)15-18-7-9-19(10-8-18)23(28)16-25(20-11-13-21(26)14-12-20)29-24-6-4-3-5-22(24)27/h3-14,17,25H,15-16,27H2,1-2H3/t25-/m0/s1. The predicted octanol–water partition coefficient (Wildman–Crippen LogP) is 7.23. The number of anilines is 1. The number of carbonyl (C=O) groups is 1. The molecule has 0 saturated heterocycles. The number of rotatable bonds is 8. The molecule has 0 bridgehead atoms. The molecule has 0 unspecified atom stereocenters. The van der Waals surface area contributed by atoms with Gasteiger partial charge in [-0.15, -0.1) is 11.8 Å². The number of carbonyl (C=O) groups excluding carboxylic acids is 1. The van der Waals surface area contributed by atoms with Crippen molar-refractivity contribution in [1.82, 2.24) is 0 Å². The first-order chi connectivity index (χ1) is 13.9. The van der Waals surface area contributed by atoms with E-state index >= 15 is 0 Å². The van der Waals surface area contributed by atoms with Crippen molar-refractivity contribution in [2.45, 2.75) is 36.8 Å². The molecule has 0 aromatic heterocycles. The topological polar surface area (TPSA) is 43.1 Å². The molecule has 3 aromatic rings. The van der Waals surface area contributed by atoms with Crippen molar-refractivity contribution in [2.75, 3.05) is 5.73 Å². The molecule has 29 heavy (non-hydrogen) atoms. The van der Waals surface area contributed by atoms with E-state index in [-0.39, 0.29) is 11.0 Å². The van der Waals surface area contributed by atoms with Gasteiger partial charge in [-0.3, -0.25) is 4.79 Å². The fourth-order valence-corrected chi connectivity index (χ4v) is 4.55. The van der Waals surface area contributed by atoms with Gasteiger partial charge < -0.3 is 5.73 Å². The normalized spacial score (nSPS) is 12.1. The van der Waals surface area contributed by atoms with Gasteiger partial charge in [0.05, 0.1) is 0 Å². The number of hydrogen-bond donors (Lipinski definition) is 1. The number of Topliss-reactive ketones (excluding diaryl/α,β-unsaturated/α-hetero) is 1. The second-order valence-electron chi connectivity index (χ2n) is 7.62. The summed E-state index contributed by atoms with van der Waals surface area (Å²) in [5, 5.41) is 0.642. The van der Waals surface area contributed by atoms with E-state index in [9.17, 15) is 4.79 Å². The van der Waals surface area contributed by atoms with Gasteiger partial charge in [-0.2, -0.15) is 0 Å². The van der Waals surface area contributed by atoms with Crippen LogP contribution in [0, 0.1) is 5.92 Å². The Balaban J connectivity index is 1.81. The molecule has 0 amide bonds. The van der Waals surface area contributed by atoms with Gasteiger partial charge in [0, 0.05) is 32.8 Å². The molecule has 0 aliphatic rings. The number of ketones is 1. The summed E-state index contributed by atoms with van der Waals surface area (Å²) in [5.41, 5.74) is 9.94. The van der Waals surface area contributed by atoms with Crippen LogP contribution in [0.15, 0.2) is 77.7 Å². The number of thioether (sulfide) groups is 1. The molecule has 0 heterocycles. The van der Waals surface area contributed by atoms with E-state index in [0.717, 1.165) is 28.1 Å². The van der Waals surface area contributed by atoms with E-state index in [4.69, 9.17) is 17.3 Å². The van der Waals surface area contributed by atoms with Crippen LogP contribution in [0.4, 0.5) is 5.69 Å². The van der Waals surface area contributed by atoms with Crippen LogP contribution in [0.1, 0.15) is 47.0 Å². The molecule has 2 N–H and O–H groups in total. The van der Waals surface area contributed by atoms with Gasteiger partial charge in [0.25, 0.3) is 0 Å². The summed E-state index contributed by atoms with van der Waals surface area (Å²) in [6.45, 7) is 4.39. The predicted molar refractivity (Wildman–Crippen MR) is 125 cm³/mol. The van der Waals surface area contributed by atoms with Gasteiger partial charge in [0.1, 0.15) is 0 Å². The van der Waals surface area contributed by atoms with Crippen LogP contribution in [0.3, 0.4) is 0 Å². The summed E-state index contributed by atoms with van der Waals surface area (Å²) in [7, 11) is 0. The Morgan fingerprint density at radius 2 is 1.62 bits per heavy atom. The maximum absolute atomic E-state index is 13.0. The minimum atomic E-state index is -0.0418. The molecule has 0 radical (unpaired) electrons. The quantitative estimate of drug-likeness (QED) is 0.236. The zero-order valence-corrected chi connectivity index (χ0v) is 18.3. The summed E-state index contributed by atoms with van der Waals surface area (Å²) in [5.74, 6) is 0.724. The zero-order valence-electron chi connectivity index (χ0n) is 16.8. The van der Waals surface area contributed by atoms with E-state index < -0.39 is 0 Å². The number of halogens is 1. The molecule has 0 aliphatic carbocycles. The molecule has 3 rings (SSSR count). The largest absolute Gasteiger partial charge is 0.398 e. The lowest BCUT2D eigenvalue weighted by Crippen LogP contribution is -2.06. The minimum absolute atomic E-state index is 0.0418. The van der Waals surface area contributed by atoms with E-state index in [1.165, 1.54) is 5.56 Å². The Morgan fingerprint density at radius 3 is 2.24 bits per heavy atom. The van der Waals surface area contributed by atoms with Gasteiger partial charge in [0.15, 0.2) is 5.78 Å². The molecule has 4 heteroatoms. The smallest absolute Gasteiger partial charge is 0.164 e. The lowest BCUT2D eigenvalue weighted by atomic mass is 9.98. The summed E-state index contributed by atoms with van der Waals surface area (Å²) in [4.78, 5) is 14.0. The second kappa shape index (κ2) is 10.00. The number of nitrogens with two attached hydrogens (primary N) is 1. The number of para-hydroxylation sites is 1. The Hall–Kier alpha value is -2.23. The highest BCUT2D eigenvalue weighted by Gasteiger charge is 2.20. The van der Waals surface area contributed by atoms with Crippen molar-refractivity contribution in [1.29, 1.82) is 0 Å². The first-order valence-corrected chi connectivity index (χ1v) is 11.1. The molecular weight excluding hydrogens is 398 g/mol. The summed E-state index contributed by atoms with van der Waals surface area (Å²) in [6.07, 6.45) is 1.41. The third kappa shape index (κ3) is 6.12. The average molecular weight is 424 g/mol. The van der Waals surface area contributed by atoms with Gasteiger partial charge in [-0.25, -0.2) is 0 Å².